The van der Waals surface area contributed by atoms with Gasteiger partial charge in [0.25, 0.3) is 0 Å². The quantitative estimate of drug-likeness (QED) is 0.706. The van der Waals surface area contributed by atoms with Crippen LogP contribution in [0.4, 0.5) is 15.8 Å². The SMILES string of the molecule is Cc1cc(C2CCc3ccc(F)cc3N2)cc(C)c1NC(=O)CC(C)(C)C. The molecule has 0 fully saturated rings. The van der Waals surface area contributed by atoms with E-state index >= 15 is 0 Å². The molecule has 1 atom stereocenters. The van der Waals surface area contributed by atoms with Crippen LogP contribution in [0.3, 0.4) is 0 Å². The summed E-state index contributed by atoms with van der Waals surface area (Å²) >= 11 is 0. The second kappa shape index (κ2) is 7.34. The Labute approximate surface area is 161 Å². The zero-order valence-corrected chi connectivity index (χ0v) is 16.9. The van der Waals surface area contributed by atoms with E-state index in [0.29, 0.717) is 6.42 Å². The lowest BCUT2D eigenvalue weighted by Gasteiger charge is -2.28. The Morgan fingerprint density at radius 3 is 2.48 bits per heavy atom. The molecule has 0 radical (unpaired) electrons. The van der Waals surface area contributed by atoms with Gasteiger partial charge in [-0.1, -0.05) is 39.0 Å². The van der Waals surface area contributed by atoms with Crippen LogP contribution in [0, 0.1) is 25.1 Å². The highest BCUT2D eigenvalue weighted by Gasteiger charge is 2.22. The van der Waals surface area contributed by atoms with E-state index < -0.39 is 0 Å². The summed E-state index contributed by atoms with van der Waals surface area (Å²) < 4.78 is 13.6. The zero-order valence-electron chi connectivity index (χ0n) is 16.9. The van der Waals surface area contributed by atoms with Gasteiger partial charge in [0.15, 0.2) is 0 Å². The third-order valence-corrected chi connectivity index (χ3v) is 5.02. The number of hydrogen-bond donors (Lipinski definition) is 2. The van der Waals surface area contributed by atoms with Gasteiger partial charge in [-0.25, -0.2) is 4.39 Å². The maximum atomic E-state index is 13.6. The number of aryl methyl sites for hydroxylation is 3. The van der Waals surface area contributed by atoms with Crippen LogP contribution in [0.1, 0.15) is 61.9 Å². The van der Waals surface area contributed by atoms with Crippen LogP contribution in [0.25, 0.3) is 0 Å². The van der Waals surface area contributed by atoms with Crippen molar-refractivity contribution in [3.05, 3.63) is 58.4 Å². The standard InChI is InChI=1S/C23H29FN2O/c1-14-10-17(11-15(2)22(14)26-21(27)13-23(3,4)5)19-9-7-16-6-8-18(24)12-20(16)25-19/h6,8,10-12,19,25H,7,9,13H2,1-5H3,(H,26,27). The third kappa shape index (κ3) is 4.68. The Balaban J connectivity index is 1.80. The normalized spacial score (nSPS) is 16.4. The van der Waals surface area contributed by atoms with E-state index in [1.165, 1.54) is 11.6 Å². The van der Waals surface area contributed by atoms with E-state index in [9.17, 15) is 9.18 Å². The van der Waals surface area contributed by atoms with E-state index in [4.69, 9.17) is 0 Å². The van der Waals surface area contributed by atoms with Gasteiger partial charge in [-0.2, -0.15) is 0 Å². The summed E-state index contributed by atoms with van der Waals surface area (Å²) in [4.78, 5) is 12.3. The predicted molar refractivity (Wildman–Crippen MR) is 110 cm³/mol. The molecule has 0 saturated carbocycles. The first kappa shape index (κ1) is 19.4. The molecule has 0 aromatic heterocycles. The molecule has 2 aromatic carbocycles. The summed E-state index contributed by atoms with van der Waals surface area (Å²) in [6.45, 7) is 10.2. The smallest absolute Gasteiger partial charge is 0.224 e. The Bertz CT molecular complexity index is 844. The van der Waals surface area contributed by atoms with Gasteiger partial charge >= 0.3 is 0 Å². The maximum absolute atomic E-state index is 13.6. The first-order chi connectivity index (χ1) is 12.6. The molecule has 2 aromatic rings. The number of amides is 1. The van der Waals surface area contributed by atoms with Crippen LogP contribution < -0.4 is 10.6 Å². The number of nitrogens with one attached hydrogen (secondary N) is 2. The highest BCUT2D eigenvalue weighted by atomic mass is 19.1. The lowest BCUT2D eigenvalue weighted by Crippen LogP contribution is -2.21. The van der Waals surface area contributed by atoms with Crippen molar-refractivity contribution >= 4 is 17.3 Å². The van der Waals surface area contributed by atoms with Crippen molar-refractivity contribution < 1.29 is 9.18 Å². The summed E-state index contributed by atoms with van der Waals surface area (Å²) in [5, 5.41) is 6.55. The minimum Gasteiger partial charge on any atom is -0.378 e. The van der Waals surface area contributed by atoms with Gasteiger partial charge in [0.1, 0.15) is 5.82 Å². The van der Waals surface area contributed by atoms with E-state index in [1.807, 2.05) is 19.9 Å². The molecule has 1 amide bonds. The van der Waals surface area contributed by atoms with Crippen LogP contribution in [0.2, 0.25) is 0 Å². The molecular formula is C23H29FN2O. The molecule has 3 rings (SSSR count). The minimum absolute atomic E-state index is 0.0412. The molecule has 3 nitrogen and oxygen atoms in total. The summed E-state index contributed by atoms with van der Waals surface area (Å²) in [6.07, 6.45) is 2.38. The van der Waals surface area contributed by atoms with Crippen LogP contribution in [-0.2, 0) is 11.2 Å². The van der Waals surface area contributed by atoms with Crippen molar-refractivity contribution in [1.29, 1.82) is 0 Å². The van der Waals surface area contributed by atoms with Crippen molar-refractivity contribution in [1.82, 2.24) is 0 Å². The average Bonchev–Trinajstić information content (AvgIpc) is 2.55. The molecule has 1 heterocycles. The van der Waals surface area contributed by atoms with E-state index in [0.717, 1.165) is 40.9 Å². The summed E-state index contributed by atoms with van der Waals surface area (Å²) in [7, 11) is 0. The van der Waals surface area contributed by atoms with Crippen LogP contribution >= 0.6 is 0 Å². The molecule has 4 heteroatoms. The highest BCUT2D eigenvalue weighted by molar-refractivity contribution is 5.92. The van der Waals surface area contributed by atoms with E-state index in [2.05, 4.69) is 43.5 Å². The summed E-state index contributed by atoms with van der Waals surface area (Å²) in [5.41, 5.74) is 6.18. The Morgan fingerprint density at radius 2 is 1.85 bits per heavy atom. The fourth-order valence-electron chi connectivity index (χ4n) is 3.77. The zero-order chi connectivity index (χ0) is 19.8. The molecule has 27 heavy (non-hydrogen) atoms. The van der Waals surface area contributed by atoms with Gasteiger partial charge < -0.3 is 10.6 Å². The lowest BCUT2D eigenvalue weighted by molar-refractivity contribution is -0.117. The van der Waals surface area contributed by atoms with Gasteiger partial charge in [-0.3, -0.25) is 4.79 Å². The number of benzene rings is 2. The van der Waals surface area contributed by atoms with Crippen molar-refractivity contribution in [2.24, 2.45) is 5.41 Å². The van der Waals surface area contributed by atoms with Gasteiger partial charge in [-0.05, 0) is 66.5 Å². The highest BCUT2D eigenvalue weighted by Crippen LogP contribution is 2.35. The second-order valence-electron chi connectivity index (χ2n) is 8.85. The number of halogens is 1. The van der Waals surface area contributed by atoms with Crippen LogP contribution in [-0.4, -0.2) is 5.91 Å². The van der Waals surface area contributed by atoms with E-state index in [-0.39, 0.29) is 23.2 Å². The van der Waals surface area contributed by atoms with Crippen molar-refractivity contribution in [3.63, 3.8) is 0 Å². The Kier molecular flexibility index (Phi) is 5.27. The molecule has 1 aliphatic heterocycles. The largest absolute Gasteiger partial charge is 0.378 e. The Hall–Kier alpha value is -2.36. The van der Waals surface area contributed by atoms with Gasteiger partial charge in [-0.15, -0.1) is 0 Å². The molecule has 0 spiro atoms. The summed E-state index contributed by atoms with van der Waals surface area (Å²) in [6, 6.07) is 9.35. The third-order valence-electron chi connectivity index (χ3n) is 5.02. The van der Waals surface area contributed by atoms with Crippen molar-refractivity contribution in [3.8, 4) is 0 Å². The number of rotatable bonds is 3. The minimum atomic E-state index is -0.217. The van der Waals surface area contributed by atoms with Crippen molar-refractivity contribution in [2.45, 2.75) is 59.9 Å². The van der Waals surface area contributed by atoms with Crippen molar-refractivity contribution in [2.75, 3.05) is 10.6 Å². The molecule has 1 unspecified atom stereocenters. The molecule has 2 N–H and O–H groups in total. The lowest BCUT2D eigenvalue weighted by atomic mass is 9.90. The van der Waals surface area contributed by atoms with Gasteiger partial charge in [0.2, 0.25) is 5.91 Å². The fraction of sp³-hybridized carbons (Fsp3) is 0.435. The molecule has 0 aliphatic carbocycles. The monoisotopic (exact) mass is 368 g/mol. The first-order valence-corrected chi connectivity index (χ1v) is 9.58. The van der Waals surface area contributed by atoms with Crippen LogP contribution in [0.15, 0.2) is 30.3 Å². The predicted octanol–water partition coefficient (Wildman–Crippen LogP) is 5.92. The Morgan fingerprint density at radius 1 is 1.19 bits per heavy atom. The fourth-order valence-corrected chi connectivity index (χ4v) is 3.77. The van der Waals surface area contributed by atoms with E-state index in [1.54, 1.807) is 6.07 Å². The molecule has 0 bridgehead atoms. The van der Waals surface area contributed by atoms with Gasteiger partial charge in [0.05, 0.1) is 6.04 Å². The second-order valence-corrected chi connectivity index (χ2v) is 8.85. The summed E-state index contributed by atoms with van der Waals surface area (Å²) in [5.74, 6) is -0.173. The topological polar surface area (TPSA) is 41.1 Å². The number of anilines is 2. The number of carbonyl (C=O) groups is 1. The molecule has 0 saturated heterocycles. The van der Waals surface area contributed by atoms with Crippen LogP contribution in [0.5, 0.6) is 0 Å². The molecular weight excluding hydrogens is 339 g/mol. The number of fused-ring (bicyclic) bond motifs is 1. The molecule has 1 aliphatic rings. The van der Waals surface area contributed by atoms with Gasteiger partial charge in [0, 0.05) is 17.8 Å². The first-order valence-electron chi connectivity index (χ1n) is 9.58. The average molecular weight is 368 g/mol. The number of carbonyl (C=O) groups excluding carboxylic acids is 1. The molecule has 144 valence electrons. The maximum Gasteiger partial charge on any atom is 0.224 e. The number of hydrogen-bond acceptors (Lipinski definition) is 2.